The van der Waals surface area contributed by atoms with Gasteiger partial charge in [0.1, 0.15) is 0 Å². The minimum atomic E-state index is 0.457. The van der Waals surface area contributed by atoms with Crippen molar-refractivity contribution >= 4 is 11.3 Å². The molecule has 0 radical (unpaired) electrons. The molecule has 1 fully saturated rings. The highest BCUT2D eigenvalue weighted by molar-refractivity contribution is 7.11. The second kappa shape index (κ2) is 6.67. The second-order valence-corrected chi connectivity index (χ2v) is 6.83. The van der Waals surface area contributed by atoms with Gasteiger partial charge in [-0.25, -0.2) is 4.98 Å². The van der Waals surface area contributed by atoms with Gasteiger partial charge >= 0.3 is 0 Å². The molecule has 0 bridgehead atoms. The number of rotatable bonds is 5. The van der Waals surface area contributed by atoms with E-state index in [4.69, 9.17) is 0 Å². The fraction of sp³-hybridized carbons (Fsp3) is 0.800. The largest absolute Gasteiger partial charge is 0.309 e. The highest BCUT2D eigenvalue weighted by Crippen LogP contribution is 2.37. The van der Waals surface area contributed by atoms with Crippen molar-refractivity contribution in [2.24, 2.45) is 5.92 Å². The highest BCUT2D eigenvalue weighted by Gasteiger charge is 2.22. The number of aromatic nitrogens is 1. The summed E-state index contributed by atoms with van der Waals surface area (Å²) in [5, 5.41) is 4.92. The van der Waals surface area contributed by atoms with Crippen molar-refractivity contribution in [2.45, 2.75) is 64.8 Å². The highest BCUT2D eigenvalue weighted by atomic mass is 32.1. The first-order valence-corrected chi connectivity index (χ1v) is 8.21. The first-order chi connectivity index (χ1) is 8.70. The summed E-state index contributed by atoms with van der Waals surface area (Å²) in [5.74, 6) is 1.66. The van der Waals surface area contributed by atoms with Crippen LogP contribution in [0.3, 0.4) is 0 Å². The Kier molecular flexibility index (Phi) is 5.19. The lowest BCUT2D eigenvalue weighted by Gasteiger charge is -2.24. The molecule has 2 nitrogen and oxygen atoms in total. The standard InChI is InChI=1S/C15H26N2S/c1-4-9-16-12(3)14-10-17-15(18-14)13-7-5-11(2)6-8-13/h10-13,16H,4-9H2,1-3H3. The molecule has 0 spiro atoms. The number of thiazole rings is 1. The monoisotopic (exact) mass is 266 g/mol. The zero-order valence-corrected chi connectivity index (χ0v) is 12.7. The summed E-state index contributed by atoms with van der Waals surface area (Å²) in [4.78, 5) is 6.07. The van der Waals surface area contributed by atoms with Gasteiger partial charge in [0.05, 0.1) is 5.01 Å². The van der Waals surface area contributed by atoms with Crippen molar-refractivity contribution in [1.29, 1.82) is 0 Å². The van der Waals surface area contributed by atoms with Crippen LogP contribution < -0.4 is 5.32 Å². The van der Waals surface area contributed by atoms with Gasteiger partial charge in [0, 0.05) is 23.0 Å². The van der Waals surface area contributed by atoms with Crippen LogP contribution in [0.1, 0.15) is 74.7 Å². The first kappa shape index (κ1) is 14.0. The molecular formula is C15H26N2S. The quantitative estimate of drug-likeness (QED) is 0.849. The van der Waals surface area contributed by atoms with Crippen LogP contribution in [0, 0.1) is 5.92 Å². The summed E-state index contributed by atoms with van der Waals surface area (Å²) in [6, 6.07) is 0.457. The molecule has 1 atom stereocenters. The van der Waals surface area contributed by atoms with Gasteiger partial charge in [-0.2, -0.15) is 0 Å². The van der Waals surface area contributed by atoms with Gasteiger partial charge in [-0.15, -0.1) is 11.3 Å². The minimum Gasteiger partial charge on any atom is -0.309 e. The lowest BCUT2D eigenvalue weighted by Crippen LogP contribution is -2.18. The molecule has 1 unspecified atom stereocenters. The van der Waals surface area contributed by atoms with Crippen molar-refractivity contribution in [3.05, 3.63) is 16.1 Å². The summed E-state index contributed by atoms with van der Waals surface area (Å²) in [5.41, 5.74) is 0. The Labute approximate surface area is 115 Å². The molecule has 1 aliphatic carbocycles. The molecule has 0 aliphatic heterocycles. The van der Waals surface area contributed by atoms with Gasteiger partial charge in [-0.1, -0.05) is 26.7 Å². The average molecular weight is 266 g/mol. The third-order valence-corrected chi connectivity index (χ3v) is 5.38. The van der Waals surface area contributed by atoms with E-state index in [1.165, 1.54) is 42.0 Å². The zero-order valence-electron chi connectivity index (χ0n) is 11.9. The van der Waals surface area contributed by atoms with E-state index in [-0.39, 0.29) is 0 Å². The maximum atomic E-state index is 4.67. The zero-order chi connectivity index (χ0) is 13.0. The normalized spacial score (nSPS) is 26.2. The molecule has 1 aliphatic rings. The number of nitrogens with one attached hydrogen (secondary N) is 1. The Hall–Kier alpha value is -0.410. The fourth-order valence-electron chi connectivity index (χ4n) is 2.66. The Balaban J connectivity index is 1.93. The van der Waals surface area contributed by atoms with E-state index in [0.717, 1.165) is 18.4 Å². The van der Waals surface area contributed by atoms with Crippen LogP contribution in [0.25, 0.3) is 0 Å². The summed E-state index contributed by atoms with van der Waals surface area (Å²) in [6.07, 6.45) is 8.71. The Morgan fingerprint density at radius 2 is 2.11 bits per heavy atom. The molecule has 1 N–H and O–H groups in total. The molecule has 0 saturated heterocycles. The number of hydrogen-bond acceptors (Lipinski definition) is 3. The lowest BCUT2D eigenvalue weighted by molar-refractivity contribution is 0.347. The summed E-state index contributed by atoms with van der Waals surface area (Å²) >= 11 is 1.93. The molecule has 1 saturated carbocycles. The van der Waals surface area contributed by atoms with Crippen molar-refractivity contribution in [1.82, 2.24) is 10.3 Å². The van der Waals surface area contributed by atoms with Gasteiger partial charge in [-0.05, 0) is 38.6 Å². The summed E-state index contributed by atoms with van der Waals surface area (Å²) < 4.78 is 0. The predicted molar refractivity (Wildman–Crippen MR) is 79.2 cm³/mol. The van der Waals surface area contributed by atoms with E-state index in [1.54, 1.807) is 0 Å². The van der Waals surface area contributed by atoms with Crippen molar-refractivity contribution in [3.63, 3.8) is 0 Å². The van der Waals surface area contributed by atoms with Crippen LogP contribution in [-0.4, -0.2) is 11.5 Å². The fourth-order valence-corrected chi connectivity index (χ4v) is 3.77. The van der Waals surface area contributed by atoms with E-state index in [9.17, 15) is 0 Å². The van der Waals surface area contributed by atoms with Gasteiger partial charge in [0.25, 0.3) is 0 Å². The Bertz CT molecular complexity index is 353. The van der Waals surface area contributed by atoms with Crippen LogP contribution in [0.2, 0.25) is 0 Å². The molecule has 1 heterocycles. The van der Waals surface area contributed by atoms with Gasteiger partial charge < -0.3 is 5.32 Å². The van der Waals surface area contributed by atoms with E-state index in [1.807, 2.05) is 11.3 Å². The Morgan fingerprint density at radius 3 is 2.78 bits per heavy atom. The lowest BCUT2D eigenvalue weighted by atomic mass is 9.83. The SMILES string of the molecule is CCCNC(C)c1cnc(C2CCC(C)CC2)s1. The number of hydrogen-bond donors (Lipinski definition) is 1. The van der Waals surface area contributed by atoms with Crippen LogP contribution in [0.15, 0.2) is 6.20 Å². The molecule has 0 amide bonds. The molecule has 18 heavy (non-hydrogen) atoms. The Morgan fingerprint density at radius 1 is 1.39 bits per heavy atom. The van der Waals surface area contributed by atoms with Crippen molar-refractivity contribution < 1.29 is 0 Å². The maximum Gasteiger partial charge on any atom is 0.0959 e. The van der Waals surface area contributed by atoms with Gasteiger partial charge in [-0.3, -0.25) is 0 Å². The van der Waals surface area contributed by atoms with E-state index in [0.29, 0.717) is 6.04 Å². The third kappa shape index (κ3) is 3.55. The molecule has 3 heteroatoms. The molecule has 1 aromatic heterocycles. The topological polar surface area (TPSA) is 24.9 Å². The van der Waals surface area contributed by atoms with Gasteiger partial charge in [0.15, 0.2) is 0 Å². The minimum absolute atomic E-state index is 0.457. The molecule has 0 aromatic carbocycles. The second-order valence-electron chi connectivity index (χ2n) is 5.73. The molecule has 1 aromatic rings. The van der Waals surface area contributed by atoms with E-state index >= 15 is 0 Å². The molecular weight excluding hydrogens is 240 g/mol. The van der Waals surface area contributed by atoms with Crippen LogP contribution in [0.4, 0.5) is 0 Å². The van der Waals surface area contributed by atoms with E-state index < -0.39 is 0 Å². The van der Waals surface area contributed by atoms with Crippen molar-refractivity contribution in [3.8, 4) is 0 Å². The van der Waals surface area contributed by atoms with E-state index in [2.05, 4.69) is 37.3 Å². The molecule has 2 rings (SSSR count). The molecule has 102 valence electrons. The maximum absolute atomic E-state index is 4.67. The smallest absolute Gasteiger partial charge is 0.0959 e. The van der Waals surface area contributed by atoms with Crippen LogP contribution >= 0.6 is 11.3 Å². The third-order valence-electron chi connectivity index (χ3n) is 4.03. The van der Waals surface area contributed by atoms with Gasteiger partial charge in [0.2, 0.25) is 0 Å². The summed E-state index contributed by atoms with van der Waals surface area (Å²) in [7, 11) is 0. The van der Waals surface area contributed by atoms with Crippen molar-refractivity contribution in [2.75, 3.05) is 6.54 Å². The number of nitrogens with zero attached hydrogens (tertiary/aromatic N) is 1. The van der Waals surface area contributed by atoms with Crippen LogP contribution in [0.5, 0.6) is 0 Å². The average Bonchev–Trinajstić information content (AvgIpc) is 2.86. The summed E-state index contributed by atoms with van der Waals surface area (Å²) in [6.45, 7) is 7.92. The first-order valence-electron chi connectivity index (χ1n) is 7.39. The predicted octanol–water partition coefficient (Wildman–Crippen LogP) is 4.50. The van der Waals surface area contributed by atoms with Crippen LogP contribution in [-0.2, 0) is 0 Å².